The predicted octanol–water partition coefficient (Wildman–Crippen LogP) is 5.33. The molecule has 0 saturated carbocycles. The van der Waals surface area contributed by atoms with E-state index in [-0.39, 0.29) is 30.8 Å². The van der Waals surface area contributed by atoms with E-state index in [2.05, 4.69) is 4.98 Å². The molecule has 6 nitrogen and oxygen atoms in total. The lowest BCUT2D eigenvalue weighted by Gasteiger charge is -2.16. The number of sulfone groups is 1. The molecule has 1 aromatic heterocycles. The number of phenols is 1. The van der Waals surface area contributed by atoms with Gasteiger partial charge in [0.15, 0.2) is 9.84 Å². The maximum absolute atomic E-state index is 12.8. The van der Waals surface area contributed by atoms with Gasteiger partial charge in [-0.05, 0) is 83.7 Å². The van der Waals surface area contributed by atoms with Crippen molar-refractivity contribution in [2.24, 2.45) is 0 Å². The molecule has 0 aliphatic carbocycles. The van der Waals surface area contributed by atoms with E-state index in [9.17, 15) is 13.5 Å². The molecule has 2 aliphatic rings. The lowest BCUT2D eigenvalue weighted by Crippen LogP contribution is -2.19. The molecular weight excluding hydrogens is 498 g/mol. The first-order valence-electron chi connectivity index (χ1n) is 11.7. The van der Waals surface area contributed by atoms with E-state index in [0.29, 0.717) is 23.6 Å². The number of para-hydroxylation sites is 1. The van der Waals surface area contributed by atoms with Gasteiger partial charge >= 0.3 is 0 Å². The Balaban J connectivity index is 1.39. The minimum Gasteiger partial charge on any atom is -0.508 e. The molecule has 36 heavy (non-hydrogen) atoms. The number of ether oxygens (including phenoxy) is 2. The summed E-state index contributed by atoms with van der Waals surface area (Å²) < 4.78 is 37.6. The Labute approximate surface area is 215 Å². The fourth-order valence-electron chi connectivity index (χ4n) is 4.75. The summed E-state index contributed by atoms with van der Waals surface area (Å²) in [5.41, 5.74) is 4.14. The molecule has 0 amide bonds. The second-order valence-corrected chi connectivity index (χ2v) is 11.5. The third-order valence-corrected chi connectivity index (χ3v) is 8.83. The van der Waals surface area contributed by atoms with Gasteiger partial charge in [-0.3, -0.25) is 4.98 Å². The zero-order chi connectivity index (χ0) is 25.1. The summed E-state index contributed by atoms with van der Waals surface area (Å²) in [5, 5.41) is 9.54. The molecule has 1 N–H and O–H groups in total. The standard InChI is InChI=1S/C28H26ClNO5S/c29-24-15-22(31)11-9-19(24)14-20(25-8-4-5-13-30-25)10-12-26-28-21(16-34-23-6-2-1-3-7-23)18-36(32,33)27(28)17-35-26/h1-9,11,13-15,26-27,31H,10,12,16-18H2/b20-14-/t26-,27+/m1/s1. The highest BCUT2D eigenvalue weighted by Gasteiger charge is 2.47. The summed E-state index contributed by atoms with van der Waals surface area (Å²) in [4.78, 5) is 4.51. The van der Waals surface area contributed by atoms with Gasteiger partial charge in [-0.2, -0.15) is 0 Å². The van der Waals surface area contributed by atoms with Crippen LogP contribution >= 0.6 is 11.6 Å². The highest BCUT2D eigenvalue weighted by molar-refractivity contribution is 7.92. The van der Waals surface area contributed by atoms with Crippen LogP contribution in [-0.2, 0) is 14.6 Å². The number of fused-ring (bicyclic) bond motifs is 1. The zero-order valence-corrected chi connectivity index (χ0v) is 21.1. The Hall–Kier alpha value is -3.13. The van der Waals surface area contributed by atoms with Crippen LogP contribution in [0.5, 0.6) is 11.5 Å². The Bertz CT molecular complexity index is 1400. The number of rotatable bonds is 8. The van der Waals surface area contributed by atoms with E-state index in [1.54, 1.807) is 18.3 Å². The topological polar surface area (TPSA) is 85.7 Å². The number of pyridine rings is 1. The average molecular weight is 524 g/mol. The minimum absolute atomic E-state index is 0.00570. The van der Waals surface area contributed by atoms with E-state index in [0.717, 1.165) is 28.0 Å². The lowest BCUT2D eigenvalue weighted by atomic mass is 9.95. The molecule has 0 radical (unpaired) electrons. The van der Waals surface area contributed by atoms with Crippen LogP contribution in [0.4, 0.5) is 0 Å². The molecule has 186 valence electrons. The van der Waals surface area contributed by atoms with Crippen molar-refractivity contribution in [2.45, 2.75) is 24.2 Å². The third kappa shape index (κ3) is 5.33. The molecule has 8 heteroatoms. The maximum Gasteiger partial charge on any atom is 0.163 e. The minimum atomic E-state index is -3.31. The van der Waals surface area contributed by atoms with Gasteiger partial charge in [-0.15, -0.1) is 0 Å². The maximum atomic E-state index is 12.8. The number of aromatic nitrogens is 1. The molecule has 1 fully saturated rings. The highest BCUT2D eigenvalue weighted by atomic mass is 35.5. The number of benzene rings is 2. The first-order valence-corrected chi connectivity index (χ1v) is 13.8. The Morgan fingerprint density at radius 3 is 2.69 bits per heavy atom. The molecule has 0 unspecified atom stereocenters. The van der Waals surface area contributed by atoms with Crippen molar-refractivity contribution in [3.63, 3.8) is 0 Å². The van der Waals surface area contributed by atoms with Crippen molar-refractivity contribution in [1.29, 1.82) is 0 Å². The molecule has 0 bridgehead atoms. The van der Waals surface area contributed by atoms with Gasteiger partial charge in [-0.1, -0.05) is 35.9 Å². The number of hydrogen-bond acceptors (Lipinski definition) is 6. The van der Waals surface area contributed by atoms with Gasteiger partial charge in [0.2, 0.25) is 0 Å². The van der Waals surface area contributed by atoms with Crippen molar-refractivity contribution < 1.29 is 23.0 Å². The molecular formula is C28H26ClNO5S. The number of aromatic hydroxyl groups is 1. The summed E-state index contributed by atoms with van der Waals surface area (Å²) in [7, 11) is -3.31. The average Bonchev–Trinajstić information content (AvgIpc) is 3.42. The van der Waals surface area contributed by atoms with E-state index in [1.807, 2.05) is 54.6 Å². The number of hydrogen-bond donors (Lipinski definition) is 1. The molecule has 3 heterocycles. The molecule has 0 spiro atoms. The molecule has 5 rings (SSSR count). The van der Waals surface area contributed by atoms with Gasteiger partial charge in [0, 0.05) is 6.20 Å². The molecule has 3 aromatic rings. The largest absolute Gasteiger partial charge is 0.508 e. The van der Waals surface area contributed by atoms with Crippen LogP contribution < -0.4 is 4.74 Å². The molecule has 2 aliphatic heterocycles. The van der Waals surface area contributed by atoms with Gasteiger partial charge in [-0.25, -0.2) is 8.42 Å². The SMILES string of the molecule is O=S1(=O)CC(COc2ccccc2)=C2[C@@H](CC/C(=C/c3ccc(O)cc3Cl)c3ccccn3)OC[C@@H]21. The van der Waals surface area contributed by atoms with Crippen LogP contribution in [0.15, 0.2) is 84.1 Å². The quantitative estimate of drug-likeness (QED) is 0.401. The van der Waals surface area contributed by atoms with Crippen LogP contribution in [0.3, 0.4) is 0 Å². The number of allylic oxidation sites excluding steroid dienone is 1. The number of halogens is 1. The Kier molecular flexibility index (Phi) is 7.14. The Morgan fingerprint density at radius 2 is 1.94 bits per heavy atom. The van der Waals surface area contributed by atoms with Crippen molar-refractivity contribution in [1.82, 2.24) is 4.98 Å². The Morgan fingerprint density at radius 1 is 1.14 bits per heavy atom. The van der Waals surface area contributed by atoms with E-state index < -0.39 is 15.1 Å². The summed E-state index contributed by atoms with van der Waals surface area (Å²) in [6.07, 6.45) is 4.56. The zero-order valence-electron chi connectivity index (χ0n) is 19.5. The van der Waals surface area contributed by atoms with Crippen LogP contribution in [0, 0.1) is 0 Å². The fourth-order valence-corrected chi connectivity index (χ4v) is 6.91. The smallest absolute Gasteiger partial charge is 0.163 e. The van der Waals surface area contributed by atoms with Crippen molar-refractivity contribution in [3.8, 4) is 11.5 Å². The first-order chi connectivity index (χ1) is 17.4. The first kappa shape index (κ1) is 24.6. The van der Waals surface area contributed by atoms with Crippen molar-refractivity contribution in [2.75, 3.05) is 19.0 Å². The van der Waals surface area contributed by atoms with Crippen molar-refractivity contribution in [3.05, 3.63) is 100 Å². The predicted molar refractivity (Wildman–Crippen MR) is 141 cm³/mol. The summed E-state index contributed by atoms with van der Waals surface area (Å²) in [5.74, 6) is 0.806. The summed E-state index contributed by atoms with van der Waals surface area (Å²) in [6.45, 7) is 0.393. The monoisotopic (exact) mass is 523 g/mol. The molecule has 2 atom stereocenters. The van der Waals surface area contributed by atoms with Gasteiger partial charge in [0.1, 0.15) is 23.4 Å². The van der Waals surface area contributed by atoms with Crippen LogP contribution in [-0.4, -0.2) is 48.8 Å². The highest BCUT2D eigenvalue weighted by Crippen LogP contribution is 2.39. The number of phenolic OH excluding ortho intramolecular Hbond substituents is 1. The normalized spacial score (nSPS) is 21.0. The summed E-state index contributed by atoms with van der Waals surface area (Å²) in [6, 6.07) is 19.9. The van der Waals surface area contributed by atoms with Gasteiger partial charge < -0.3 is 14.6 Å². The fraction of sp³-hybridized carbons (Fsp3) is 0.250. The number of nitrogens with zero attached hydrogens (tertiary/aromatic N) is 1. The van der Waals surface area contributed by atoms with Gasteiger partial charge in [0.05, 0.1) is 29.2 Å². The summed E-state index contributed by atoms with van der Waals surface area (Å²) >= 11 is 6.36. The van der Waals surface area contributed by atoms with Crippen molar-refractivity contribution >= 4 is 33.1 Å². The molecule has 2 aromatic carbocycles. The van der Waals surface area contributed by atoms with E-state index in [1.165, 1.54) is 6.07 Å². The van der Waals surface area contributed by atoms with Crippen LogP contribution in [0.2, 0.25) is 5.02 Å². The lowest BCUT2D eigenvalue weighted by molar-refractivity contribution is 0.118. The van der Waals surface area contributed by atoms with Crippen LogP contribution in [0.1, 0.15) is 24.1 Å². The second kappa shape index (κ2) is 10.5. The second-order valence-electron chi connectivity index (χ2n) is 8.91. The molecule has 1 saturated heterocycles. The van der Waals surface area contributed by atoms with Gasteiger partial charge in [0.25, 0.3) is 0 Å². The van der Waals surface area contributed by atoms with E-state index in [4.69, 9.17) is 21.1 Å². The third-order valence-electron chi connectivity index (χ3n) is 6.50. The van der Waals surface area contributed by atoms with E-state index >= 15 is 0 Å². The van der Waals surface area contributed by atoms with Crippen LogP contribution in [0.25, 0.3) is 11.6 Å².